The molecule has 0 aliphatic rings. The summed E-state index contributed by atoms with van der Waals surface area (Å²) in [6.07, 6.45) is 0. The maximum atomic E-state index is 8.52. The van der Waals surface area contributed by atoms with E-state index >= 15 is 0 Å². The molecule has 0 spiro atoms. The SMILES string of the molecule is O=S(=O)([O-])[O-].O=S(=O)([O-])[O-].O=S(=O)([O-])[O-].[Al+3].[Al+3].[RbH]. The summed E-state index contributed by atoms with van der Waals surface area (Å²) < 4.78 is 102. The van der Waals surface area contributed by atoms with Crippen LogP contribution < -0.4 is 0 Å². The minimum atomic E-state index is -5.17. The van der Waals surface area contributed by atoms with E-state index in [-0.39, 0.29) is 92.9 Å². The fourth-order valence-electron chi connectivity index (χ4n) is 0. The van der Waals surface area contributed by atoms with Crippen LogP contribution in [0.2, 0.25) is 0 Å². The molecule has 0 heterocycles. The summed E-state index contributed by atoms with van der Waals surface area (Å²) >= 11 is 0. The summed E-state index contributed by atoms with van der Waals surface area (Å²) in [7, 11) is -15.5. The fourth-order valence-corrected chi connectivity index (χ4v) is 0. The van der Waals surface area contributed by atoms with Crippen LogP contribution in [0.5, 0.6) is 0 Å². The fraction of sp³-hybridized carbons (Fsp3) is 0. The second-order valence-electron chi connectivity index (χ2n) is 1.22. The monoisotopic (exact) mass is 428 g/mol. The molecule has 0 aromatic heterocycles. The van der Waals surface area contributed by atoms with Crippen LogP contribution in [0.3, 0.4) is 0 Å². The molecule has 0 atom stereocenters. The van der Waals surface area contributed by atoms with Crippen molar-refractivity contribution >= 4 is 124 Å². The second-order valence-corrected chi connectivity index (χ2v) is 3.67. The maximum absolute atomic E-state index is 8.52. The normalized spacial score (nSPS) is 9.67. The van der Waals surface area contributed by atoms with Gasteiger partial charge in [-0.25, -0.2) is 0 Å². The Hall–Kier alpha value is 2.48. The van der Waals surface area contributed by atoms with Crippen LogP contribution in [0, 0.1) is 0 Å². The van der Waals surface area contributed by atoms with Crippen LogP contribution >= 0.6 is 0 Å². The Bertz CT molecular complexity index is 346. The van der Waals surface area contributed by atoms with Gasteiger partial charge in [-0.2, -0.15) is 0 Å². The Kier molecular flexibility index (Phi) is 32.7. The van der Waals surface area contributed by atoms with Gasteiger partial charge in [-0.15, -0.1) is 0 Å². The summed E-state index contributed by atoms with van der Waals surface area (Å²) in [6.45, 7) is 0. The van der Waals surface area contributed by atoms with Crippen molar-refractivity contribution in [2.75, 3.05) is 0 Å². The van der Waals surface area contributed by atoms with Crippen molar-refractivity contribution in [1.29, 1.82) is 0 Å². The first kappa shape index (κ1) is 37.1. The zero-order chi connectivity index (χ0) is 13.5. The van der Waals surface area contributed by atoms with Gasteiger partial charge < -0.3 is 27.3 Å². The van der Waals surface area contributed by atoms with E-state index < -0.39 is 31.2 Å². The quantitative estimate of drug-likeness (QED) is 0.199. The predicted molar refractivity (Wildman–Crippen MR) is 50.1 cm³/mol. The molecule has 0 aliphatic carbocycles. The predicted octanol–water partition coefficient (Wildman–Crippen LogP) is -5.42. The van der Waals surface area contributed by atoms with Gasteiger partial charge in [-0.05, 0) is 0 Å². The molecule has 0 aliphatic heterocycles. The van der Waals surface area contributed by atoms with Crippen LogP contribution in [0.15, 0.2) is 0 Å². The zero-order valence-corrected chi connectivity index (χ0v) is 12.0. The molecule has 0 aromatic carbocycles. The first-order valence-corrected chi connectivity index (χ1v) is 6.00. The third kappa shape index (κ3) is 918. The topological polar surface area (TPSA) is 241 Å². The van der Waals surface area contributed by atoms with Crippen LogP contribution in [0.4, 0.5) is 0 Å². The number of hydrogen-bond donors (Lipinski definition) is 0. The molecule has 0 N–H and O–H groups in total. The molecule has 0 saturated carbocycles. The molecule has 0 bridgehead atoms. The van der Waals surface area contributed by atoms with E-state index in [4.69, 9.17) is 52.6 Å². The first-order valence-electron chi connectivity index (χ1n) is 2.00. The molecule has 18 heavy (non-hydrogen) atoms. The van der Waals surface area contributed by atoms with Crippen molar-refractivity contribution in [2.24, 2.45) is 0 Å². The second kappa shape index (κ2) is 15.9. The van der Waals surface area contributed by atoms with Gasteiger partial charge in [0.1, 0.15) is 0 Å². The van der Waals surface area contributed by atoms with Crippen molar-refractivity contribution in [1.82, 2.24) is 0 Å². The molecule has 0 amide bonds. The summed E-state index contributed by atoms with van der Waals surface area (Å²) in [5.74, 6) is 0. The van der Waals surface area contributed by atoms with Gasteiger partial charge in [-0.1, -0.05) is 0 Å². The van der Waals surface area contributed by atoms with E-state index in [1.807, 2.05) is 0 Å². The Labute approximate surface area is 173 Å². The van der Waals surface area contributed by atoms with Gasteiger partial charge >= 0.3 is 92.9 Å². The Morgan fingerprint density at radius 2 is 0.444 bits per heavy atom. The van der Waals surface area contributed by atoms with Crippen LogP contribution in [-0.2, 0) is 31.2 Å². The molecule has 0 radical (unpaired) electrons. The van der Waals surface area contributed by atoms with Crippen molar-refractivity contribution in [3.8, 4) is 0 Å². The van der Waals surface area contributed by atoms with Crippen LogP contribution in [-0.4, -0.2) is 145 Å². The van der Waals surface area contributed by atoms with E-state index in [9.17, 15) is 0 Å². The molecule has 0 saturated heterocycles. The van der Waals surface area contributed by atoms with Crippen LogP contribution in [0.25, 0.3) is 0 Å². The van der Waals surface area contributed by atoms with E-state index in [0.717, 1.165) is 0 Å². The van der Waals surface area contributed by atoms with Gasteiger partial charge in [0.15, 0.2) is 0 Å². The minimum absolute atomic E-state index is 0. The van der Waals surface area contributed by atoms with E-state index in [0.29, 0.717) is 0 Å². The van der Waals surface area contributed by atoms with Crippen molar-refractivity contribution in [3.05, 3.63) is 0 Å². The van der Waals surface area contributed by atoms with Gasteiger partial charge in [0.25, 0.3) is 0 Å². The average Bonchev–Trinajstić information content (AvgIpc) is 1.41. The average molecular weight is 429 g/mol. The molecule has 0 unspecified atom stereocenters. The molecule has 12 nitrogen and oxygen atoms in total. The van der Waals surface area contributed by atoms with Crippen molar-refractivity contribution < 1.29 is 52.6 Å². The molecule has 0 aromatic rings. The molecule has 18 heteroatoms. The summed E-state index contributed by atoms with van der Waals surface area (Å²) in [5, 5.41) is 0. The van der Waals surface area contributed by atoms with Gasteiger partial charge in [0.2, 0.25) is 0 Å². The third-order valence-corrected chi connectivity index (χ3v) is 0. The van der Waals surface area contributed by atoms with E-state index in [1.165, 1.54) is 0 Å². The first-order chi connectivity index (χ1) is 6.00. The Morgan fingerprint density at radius 1 is 0.444 bits per heavy atom. The molecule has 0 rings (SSSR count). The number of rotatable bonds is 0. The standard InChI is InChI=1S/2Al.3H2O4S.Rb.H/c;;3*1-5(2,3)4;;/h;;3*(H2,1,2,3,4);;/q2*+3;;;;;/p-6. The van der Waals surface area contributed by atoms with E-state index in [1.54, 1.807) is 0 Å². The van der Waals surface area contributed by atoms with E-state index in [2.05, 4.69) is 0 Å². The van der Waals surface area contributed by atoms with Gasteiger partial charge in [0.05, 0.1) is 0 Å². The zero-order valence-electron chi connectivity index (χ0n) is 7.28. The number of hydrogen-bond acceptors (Lipinski definition) is 12. The Balaban J connectivity index is -0.0000000277. The van der Waals surface area contributed by atoms with Crippen molar-refractivity contribution in [2.45, 2.75) is 0 Å². The van der Waals surface area contributed by atoms with Crippen molar-refractivity contribution in [3.63, 3.8) is 0 Å². The summed E-state index contributed by atoms with van der Waals surface area (Å²) in [4.78, 5) is 0. The van der Waals surface area contributed by atoms with Crippen LogP contribution in [0.1, 0.15) is 0 Å². The summed E-state index contributed by atoms with van der Waals surface area (Å²) in [6, 6.07) is 0. The summed E-state index contributed by atoms with van der Waals surface area (Å²) in [5.41, 5.74) is 0. The molecular formula is HAl2O12RbS3. The van der Waals surface area contributed by atoms with Gasteiger partial charge in [0, 0.05) is 31.2 Å². The Morgan fingerprint density at radius 3 is 0.444 bits per heavy atom. The third-order valence-electron chi connectivity index (χ3n) is 0. The molecular weight excluding hydrogens is 428 g/mol. The molecule has 98 valence electrons. The van der Waals surface area contributed by atoms with Gasteiger partial charge in [-0.3, -0.25) is 25.3 Å². The molecule has 0 fully saturated rings.